The number of hydrogen-bond donors (Lipinski definition) is 2. The quantitative estimate of drug-likeness (QED) is 0.757. The first-order valence-corrected chi connectivity index (χ1v) is 5.04. The Morgan fingerprint density at radius 3 is 2.80 bits per heavy atom. The summed E-state index contributed by atoms with van der Waals surface area (Å²) in [4.78, 5) is 11.5. The Hall–Kier alpha value is -1.77. The second kappa shape index (κ2) is 4.64. The predicted octanol–water partition coefficient (Wildman–Crippen LogP) is 2.33. The van der Waals surface area contributed by atoms with Gasteiger partial charge in [0, 0.05) is 11.7 Å². The maximum absolute atomic E-state index is 11.5. The van der Waals surface area contributed by atoms with Crippen molar-refractivity contribution < 1.29 is 4.79 Å². The lowest BCUT2D eigenvalue weighted by Crippen LogP contribution is -2.35. The number of nitrogens with one attached hydrogen (secondary N) is 2. The highest BCUT2D eigenvalue weighted by atomic mass is 16.2. The number of rotatable bonds is 2. The summed E-state index contributed by atoms with van der Waals surface area (Å²) >= 11 is 0. The summed E-state index contributed by atoms with van der Waals surface area (Å²) < 4.78 is 0. The van der Waals surface area contributed by atoms with E-state index < -0.39 is 0 Å². The van der Waals surface area contributed by atoms with E-state index in [1.54, 1.807) is 0 Å². The zero-order valence-electron chi connectivity index (χ0n) is 8.36. The highest BCUT2D eigenvalue weighted by molar-refractivity contribution is 5.89. The van der Waals surface area contributed by atoms with Crippen molar-refractivity contribution in [2.75, 3.05) is 5.32 Å². The van der Waals surface area contributed by atoms with Crippen molar-refractivity contribution in [2.24, 2.45) is 0 Å². The Morgan fingerprint density at radius 2 is 2.13 bits per heavy atom. The summed E-state index contributed by atoms with van der Waals surface area (Å²) in [5, 5.41) is 5.63. The minimum Gasteiger partial charge on any atom is -0.332 e. The van der Waals surface area contributed by atoms with Crippen LogP contribution in [0.3, 0.4) is 0 Å². The molecule has 15 heavy (non-hydrogen) atoms. The number of amides is 2. The number of anilines is 1. The molecule has 1 aliphatic carbocycles. The van der Waals surface area contributed by atoms with E-state index in [2.05, 4.69) is 16.7 Å². The summed E-state index contributed by atoms with van der Waals surface area (Å²) in [6, 6.07) is 9.38. The lowest BCUT2D eigenvalue weighted by molar-refractivity contribution is 0.250. The average Bonchev–Trinajstić information content (AvgIpc) is 2.71. The molecule has 2 amide bonds. The van der Waals surface area contributed by atoms with Crippen molar-refractivity contribution >= 4 is 11.7 Å². The fourth-order valence-corrected chi connectivity index (χ4v) is 1.52. The van der Waals surface area contributed by atoms with Crippen LogP contribution in [0.2, 0.25) is 0 Å². The molecule has 3 heteroatoms. The molecule has 1 aromatic carbocycles. The number of benzene rings is 1. The molecule has 2 rings (SSSR count). The van der Waals surface area contributed by atoms with Gasteiger partial charge in [-0.05, 0) is 31.1 Å². The molecule has 77 valence electrons. The molecule has 1 aromatic rings. The molecule has 0 aromatic heterocycles. The smallest absolute Gasteiger partial charge is 0.319 e. The second-order valence-corrected chi connectivity index (χ2v) is 3.48. The van der Waals surface area contributed by atoms with Crippen LogP contribution in [0.5, 0.6) is 0 Å². The van der Waals surface area contributed by atoms with Gasteiger partial charge in [0.15, 0.2) is 0 Å². The van der Waals surface area contributed by atoms with Crippen LogP contribution in [0, 0.1) is 6.08 Å². The Bertz CT molecular complexity index is 359. The number of urea groups is 1. The summed E-state index contributed by atoms with van der Waals surface area (Å²) in [5.74, 6) is 0. The Kier molecular flexibility index (Phi) is 3.02. The number of carbonyl (C=O) groups is 1. The summed E-state index contributed by atoms with van der Waals surface area (Å²) in [6.07, 6.45) is 6.85. The average molecular weight is 201 g/mol. The van der Waals surface area contributed by atoms with Gasteiger partial charge in [0.05, 0.1) is 0 Å². The normalized spacial score (nSPS) is 18.8. The van der Waals surface area contributed by atoms with Crippen LogP contribution in [-0.4, -0.2) is 12.1 Å². The summed E-state index contributed by atoms with van der Waals surface area (Å²) in [5.41, 5.74) is 0.806. The number of para-hydroxylation sites is 1. The van der Waals surface area contributed by atoms with Gasteiger partial charge in [0.1, 0.15) is 0 Å². The fraction of sp³-hybridized carbons (Fsp3) is 0.250. The Morgan fingerprint density at radius 1 is 1.33 bits per heavy atom. The van der Waals surface area contributed by atoms with E-state index in [0.29, 0.717) is 0 Å². The van der Waals surface area contributed by atoms with Crippen molar-refractivity contribution in [1.29, 1.82) is 0 Å². The van der Waals surface area contributed by atoms with Gasteiger partial charge in [-0.3, -0.25) is 0 Å². The maximum atomic E-state index is 11.5. The number of carbonyl (C=O) groups excluding carboxylic acids is 1. The van der Waals surface area contributed by atoms with Gasteiger partial charge < -0.3 is 10.6 Å². The molecule has 0 bridgehead atoms. The number of allylic oxidation sites excluding steroid dienone is 1. The first-order valence-electron chi connectivity index (χ1n) is 5.04. The van der Waals surface area contributed by atoms with Gasteiger partial charge in [-0.15, -0.1) is 0 Å². The van der Waals surface area contributed by atoms with Crippen LogP contribution in [0.1, 0.15) is 12.8 Å². The SMILES string of the molecule is O=C(Nc1ccccc1)NC1C=[C]CC1. The molecule has 1 atom stereocenters. The highest BCUT2D eigenvalue weighted by Gasteiger charge is 2.11. The van der Waals surface area contributed by atoms with Crippen LogP contribution in [0.4, 0.5) is 10.5 Å². The zero-order valence-corrected chi connectivity index (χ0v) is 8.36. The zero-order chi connectivity index (χ0) is 10.5. The third-order valence-corrected chi connectivity index (χ3v) is 2.27. The van der Waals surface area contributed by atoms with Crippen LogP contribution in [0.25, 0.3) is 0 Å². The van der Waals surface area contributed by atoms with Crippen molar-refractivity contribution in [3.05, 3.63) is 42.5 Å². The maximum Gasteiger partial charge on any atom is 0.319 e. The van der Waals surface area contributed by atoms with E-state index in [-0.39, 0.29) is 12.1 Å². The van der Waals surface area contributed by atoms with Crippen LogP contribution in [-0.2, 0) is 0 Å². The van der Waals surface area contributed by atoms with Crippen molar-refractivity contribution in [2.45, 2.75) is 18.9 Å². The Balaban J connectivity index is 1.84. The van der Waals surface area contributed by atoms with E-state index >= 15 is 0 Å². The van der Waals surface area contributed by atoms with Gasteiger partial charge >= 0.3 is 6.03 Å². The van der Waals surface area contributed by atoms with E-state index in [1.165, 1.54) is 0 Å². The van der Waals surface area contributed by atoms with E-state index in [4.69, 9.17) is 0 Å². The molecule has 1 radical (unpaired) electrons. The van der Waals surface area contributed by atoms with Crippen molar-refractivity contribution in [3.8, 4) is 0 Å². The van der Waals surface area contributed by atoms with Gasteiger partial charge in [0.25, 0.3) is 0 Å². The van der Waals surface area contributed by atoms with Gasteiger partial charge in [-0.1, -0.05) is 24.3 Å². The lowest BCUT2D eigenvalue weighted by atomic mass is 10.3. The number of hydrogen-bond acceptors (Lipinski definition) is 1. The van der Waals surface area contributed by atoms with Gasteiger partial charge in [0.2, 0.25) is 0 Å². The molecule has 2 N–H and O–H groups in total. The van der Waals surface area contributed by atoms with Crippen LogP contribution in [0.15, 0.2) is 36.4 Å². The molecule has 3 nitrogen and oxygen atoms in total. The van der Waals surface area contributed by atoms with E-state index in [0.717, 1.165) is 18.5 Å². The van der Waals surface area contributed by atoms with E-state index in [1.807, 2.05) is 36.4 Å². The molecule has 0 spiro atoms. The summed E-state index contributed by atoms with van der Waals surface area (Å²) in [7, 11) is 0. The fourth-order valence-electron chi connectivity index (χ4n) is 1.52. The predicted molar refractivity (Wildman–Crippen MR) is 59.4 cm³/mol. The molecular weight excluding hydrogens is 188 g/mol. The lowest BCUT2D eigenvalue weighted by Gasteiger charge is -2.11. The molecular formula is C12H13N2O. The van der Waals surface area contributed by atoms with Crippen LogP contribution < -0.4 is 10.6 Å². The highest BCUT2D eigenvalue weighted by Crippen LogP contribution is 2.09. The topological polar surface area (TPSA) is 41.1 Å². The summed E-state index contributed by atoms with van der Waals surface area (Å²) in [6.45, 7) is 0. The minimum absolute atomic E-state index is 0.133. The molecule has 0 saturated carbocycles. The third kappa shape index (κ3) is 2.84. The van der Waals surface area contributed by atoms with Crippen molar-refractivity contribution in [3.63, 3.8) is 0 Å². The standard InChI is InChI=1S/C12H13N2O/c15-12(14-11-8-4-5-9-11)13-10-6-2-1-3-7-10/h1-3,6-7,9,11H,4,8H2,(H2,13,14,15). The molecule has 0 aliphatic heterocycles. The molecule has 0 fully saturated rings. The van der Waals surface area contributed by atoms with Crippen molar-refractivity contribution in [1.82, 2.24) is 5.32 Å². The van der Waals surface area contributed by atoms with Gasteiger partial charge in [-0.25, -0.2) is 4.79 Å². The first kappa shape index (κ1) is 9.77. The first-order chi connectivity index (χ1) is 7.34. The van der Waals surface area contributed by atoms with Crippen LogP contribution >= 0.6 is 0 Å². The molecule has 1 unspecified atom stereocenters. The molecule has 0 heterocycles. The second-order valence-electron chi connectivity index (χ2n) is 3.48. The minimum atomic E-state index is -0.161. The molecule has 1 aliphatic rings. The van der Waals surface area contributed by atoms with E-state index in [9.17, 15) is 4.79 Å². The third-order valence-electron chi connectivity index (χ3n) is 2.27. The largest absolute Gasteiger partial charge is 0.332 e. The Labute approximate surface area is 89.2 Å². The molecule has 0 saturated heterocycles. The van der Waals surface area contributed by atoms with Gasteiger partial charge in [-0.2, -0.15) is 0 Å². The monoisotopic (exact) mass is 201 g/mol.